The van der Waals surface area contributed by atoms with E-state index in [9.17, 15) is 4.79 Å². The molecule has 1 atom stereocenters. The lowest BCUT2D eigenvalue weighted by molar-refractivity contribution is 0.207. The maximum absolute atomic E-state index is 10.8. The predicted octanol–water partition coefficient (Wildman–Crippen LogP) is 3.40. The zero-order valence-electron chi connectivity index (χ0n) is 15.0. The molecule has 1 aromatic carbocycles. The van der Waals surface area contributed by atoms with Gasteiger partial charge in [0.05, 0.1) is 11.2 Å². The number of carbonyl (C=O) groups excluding carboxylic acids is 1. The number of benzene rings is 1. The first kappa shape index (κ1) is 19.9. The lowest BCUT2D eigenvalue weighted by Crippen LogP contribution is -2.43. The van der Waals surface area contributed by atoms with Gasteiger partial charge in [-0.1, -0.05) is 31.5 Å². The summed E-state index contributed by atoms with van der Waals surface area (Å²) in [6, 6.07) is 6.86. The van der Waals surface area contributed by atoms with Crippen LogP contribution < -0.4 is 20.9 Å². The van der Waals surface area contributed by atoms with E-state index in [1.807, 2.05) is 13.0 Å². The van der Waals surface area contributed by atoms with Gasteiger partial charge in [-0.15, -0.1) is 5.10 Å². The maximum atomic E-state index is 10.8. The van der Waals surface area contributed by atoms with E-state index in [4.69, 9.17) is 32.5 Å². The molecule has 0 saturated heterocycles. The minimum Gasteiger partial charge on any atom is -0.490 e. The van der Waals surface area contributed by atoms with Crippen LogP contribution in [0.2, 0.25) is 5.02 Å². The Morgan fingerprint density at radius 3 is 2.65 bits per heavy atom. The van der Waals surface area contributed by atoms with Crippen LogP contribution in [0.15, 0.2) is 30.5 Å². The van der Waals surface area contributed by atoms with E-state index in [1.165, 1.54) is 6.20 Å². The molecule has 26 heavy (non-hydrogen) atoms. The molecule has 0 bridgehead atoms. The summed E-state index contributed by atoms with van der Waals surface area (Å²) in [4.78, 5) is 10.8. The predicted molar refractivity (Wildman–Crippen MR) is 100 cm³/mol. The molecule has 0 spiro atoms. The first-order chi connectivity index (χ1) is 12.2. The third-order valence-corrected chi connectivity index (χ3v) is 3.83. The highest BCUT2D eigenvalue weighted by molar-refractivity contribution is 6.32. The summed E-state index contributed by atoms with van der Waals surface area (Å²) in [6.07, 6.45) is 1.41. The average molecular weight is 379 g/mol. The number of amides is 1. The molecule has 0 aliphatic heterocycles. The maximum Gasteiger partial charge on any atom is 0.411 e. The number of nitrogens with two attached hydrogens (primary N) is 2. The fraction of sp³-hybridized carbons (Fsp3) is 0.389. The second-order valence-electron chi connectivity index (χ2n) is 6.89. The number of ether oxygens (including phenoxy) is 2. The van der Waals surface area contributed by atoms with Gasteiger partial charge in [0.15, 0.2) is 0 Å². The summed E-state index contributed by atoms with van der Waals surface area (Å²) in [5.41, 5.74) is 12.2. The number of primary amides is 1. The number of rotatable bonds is 7. The molecular weight excluding hydrogens is 356 g/mol. The Morgan fingerprint density at radius 1 is 1.31 bits per heavy atom. The zero-order chi connectivity index (χ0) is 19.3. The highest BCUT2D eigenvalue weighted by atomic mass is 35.5. The Balaban J connectivity index is 2.13. The zero-order valence-corrected chi connectivity index (χ0v) is 15.8. The molecule has 8 heteroatoms. The van der Waals surface area contributed by atoms with Gasteiger partial charge >= 0.3 is 6.09 Å². The lowest BCUT2D eigenvalue weighted by atomic mass is 9.93. The van der Waals surface area contributed by atoms with Crippen LogP contribution in [-0.4, -0.2) is 28.4 Å². The minimum absolute atomic E-state index is 0.0130. The van der Waals surface area contributed by atoms with Gasteiger partial charge in [0, 0.05) is 17.2 Å². The van der Waals surface area contributed by atoms with Gasteiger partial charge in [-0.2, -0.15) is 5.10 Å². The largest absolute Gasteiger partial charge is 0.490 e. The minimum atomic E-state index is -0.954. The molecule has 140 valence electrons. The van der Waals surface area contributed by atoms with Crippen molar-refractivity contribution in [3.05, 3.63) is 35.5 Å². The lowest BCUT2D eigenvalue weighted by Gasteiger charge is -2.26. The first-order valence-electron chi connectivity index (χ1n) is 8.18. The molecule has 1 aromatic heterocycles. The second-order valence-corrected chi connectivity index (χ2v) is 7.30. The Bertz CT molecular complexity index is 781. The summed E-state index contributed by atoms with van der Waals surface area (Å²) in [5, 5.41) is 7.91. The fourth-order valence-corrected chi connectivity index (χ4v) is 2.92. The van der Waals surface area contributed by atoms with Crippen molar-refractivity contribution in [1.29, 1.82) is 0 Å². The molecule has 1 heterocycles. The van der Waals surface area contributed by atoms with Crippen LogP contribution >= 0.6 is 11.6 Å². The van der Waals surface area contributed by atoms with E-state index in [0.717, 1.165) is 12.0 Å². The van der Waals surface area contributed by atoms with Gasteiger partial charge in [0.25, 0.3) is 0 Å². The van der Waals surface area contributed by atoms with Crippen LogP contribution in [-0.2, 0) is 0 Å². The highest BCUT2D eigenvalue weighted by Gasteiger charge is 2.21. The van der Waals surface area contributed by atoms with Gasteiger partial charge < -0.3 is 20.9 Å². The van der Waals surface area contributed by atoms with Crippen LogP contribution in [0.25, 0.3) is 11.1 Å². The Kier molecular flexibility index (Phi) is 6.39. The van der Waals surface area contributed by atoms with E-state index in [1.54, 1.807) is 18.2 Å². The molecule has 4 N–H and O–H groups in total. The summed E-state index contributed by atoms with van der Waals surface area (Å²) < 4.78 is 10.5. The number of hydrogen-bond acceptors (Lipinski definition) is 6. The molecule has 0 aliphatic rings. The van der Waals surface area contributed by atoms with E-state index in [0.29, 0.717) is 28.9 Å². The molecule has 0 aliphatic carbocycles. The topological polar surface area (TPSA) is 113 Å². The quantitative estimate of drug-likeness (QED) is 0.763. The van der Waals surface area contributed by atoms with Crippen LogP contribution in [0, 0.1) is 5.92 Å². The first-order valence-corrected chi connectivity index (χ1v) is 8.56. The Hall–Kier alpha value is -2.38. The van der Waals surface area contributed by atoms with E-state index in [-0.39, 0.29) is 5.88 Å². The Labute approximate surface area is 157 Å². The number of carbonyl (C=O) groups is 1. The fourth-order valence-electron chi connectivity index (χ4n) is 2.69. The van der Waals surface area contributed by atoms with Crippen LogP contribution in [0.3, 0.4) is 0 Å². The van der Waals surface area contributed by atoms with Crippen molar-refractivity contribution in [2.24, 2.45) is 17.4 Å². The molecule has 0 radical (unpaired) electrons. The van der Waals surface area contributed by atoms with Gasteiger partial charge in [-0.25, -0.2) is 4.79 Å². The van der Waals surface area contributed by atoms with Crippen molar-refractivity contribution < 1.29 is 14.3 Å². The molecular formula is C18H23ClN4O3. The molecule has 2 aromatic rings. The van der Waals surface area contributed by atoms with Crippen molar-refractivity contribution in [3.63, 3.8) is 0 Å². The standard InChI is InChI=1S/C18H23ClN4O3/c1-11(2)8-18(3,21)10-25-15-5-4-12(6-14(15)19)13-7-16(23-22-9-13)26-17(20)24/h4-7,9,11H,8,10,21H2,1-3H3,(H2,20,24)/t18-/m0/s1. The number of hydrogen-bond donors (Lipinski definition) is 2. The Morgan fingerprint density at radius 2 is 2.04 bits per heavy atom. The van der Waals surface area contributed by atoms with Crippen LogP contribution in [0.5, 0.6) is 11.6 Å². The van der Waals surface area contributed by atoms with Gasteiger partial charge in [-0.05, 0) is 37.0 Å². The molecule has 0 fully saturated rings. The third kappa shape index (κ3) is 5.86. The van der Waals surface area contributed by atoms with Crippen LogP contribution in [0.1, 0.15) is 27.2 Å². The van der Waals surface area contributed by atoms with Crippen molar-refractivity contribution in [2.45, 2.75) is 32.7 Å². The van der Waals surface area contributed by atoms with Crippen molar-refractivity contribution in [3.8, 4) is 22.8 Å². The molecule has 7 nitrogen and oxygen atoms in total. The number of halogens is 1. The monoisotopic (exact) mass is 378 g/mol. The SMILES string of the molecule is CC(C)C[C@](C)(N)COc1ccc(-c2cnnc(OC(N)=O)c2)cc1Cl. The van der Waals surface area contributed by atoms with Gasteiger partial charge in [0.2, 0.25) is 5.88 Å². The van der Waals surface area contributed by atoms with Gasteiger partial charge in [0.1, 0.15) is 12.4 Å². The van der Waals surface area contributed by atoms with Crippen molar-refractivity contribution in [2.75, 3.05) is 6.61 Å². The molecule has 0 unspecified atom stereocenters. The number of nitrogens with zero attached hydrogens (tertiary/aromatic N) is 2. The normalized spacial score (nSPS) is 13.3. The summed E-state index contributed by atoms with van der Waals surface area (Å²) in [7, 11) is 0. The number of aromatic nitrogens is 2. The average Bonchev–Trinajstić information content (AvgIpc) is 2.52. The molecule has 2 rings (SSSR count). The summed E-state index contributed by atoms with van der Waals surface area (Å²) in [6.45, 7) is 6.55. The van der Waals surface area contributed by atoms with Gasteiger partial charge in [-0.3, -0.25) is 0 Å². The van der Waals surface area contributed by atoms with Crippen molar-refractivity contribution in [1.82, 2.24) is 10.2 Å². The van der Waals surface area contributed by atoms with Crippen molar-refractivity contribution >= 4 is 17.7 Å². The smallest absolute Gasteiger partial charge is 0.411 e. The van der Waals surface area contributed by atoms with E-state index >= 15 is 0 Å². The molecule has 0 saturated carbocycles. The third-order valence-electron chi connectivity index (χ3n) is 3.53. The summed E-state index contributed by atoms with van der Waals surface area (Å²) in [5.74, 6) is 1.04. The summed E-state index contributed by atoms with van der Waals surface area (Å²) >= 11 is 6.33. The van der Waals surface area contributed by atoms with E-state index < -0.39 is 11.6 Å². The highest BCUT2D eigenvalue weighted by Crippen LogP contribution is 2.31. The van der Waals surface area contributed by atoms with Crippen LogP contribution in [0.4, 0.5) is 4.79 Å². The van der Waals surface area contributed by atoms with E-state index in [2.05, 4.69) is 24.0 Å². The second kappa shape index (κ2) is 8.33. The molecule has 1 amide bonds.